The number of anilines is 1. The van der Waals surface area contributed by atoms with Gasteiger partial charge in [-0.25, -0.2) is 4.98 Å². The van der Waals surface area contributed by atoms with Gasteiger partial charge in [-0.3, -0.25) is 4.79 Å². The number of aryl methyl sites for hydroxylation is 1. The van der Waals surface area contributed by atoms with Crippen molar-refractivity contribution in [3.05, 3.63) is 36.3 Å². The molecule has 4 nitrogen and oxygen atoms in total. The molecule has 3 rings (SSSR count). The standard InChI is InChI=1S/C16H19N3O/c1-11-17-10-15(18-11)12-6-8-14(9-7-12)19-16(20)13-4-2-3-5-13/h6-10,13H,2-5H2,1H3,(H,17,18)(H,19,20). The Balaban J connectivity index is 1.68. The Kier molecular flexibility index (Phi) is 3.54. The number of rotatable bonds is 3. The van der Waals surface area contributed by atoms with Gasteiger partial charge in [0.25, 0.3) is 0 Å². The first kappa shape index (κ1) is 12.9. The maximum absolute atomic E-state index is 12.0. The summed E-state index contributed by atoms with van der Waals surface area (Å²) in [5.74, 6) is 1.26. The van der Waals surface area contributed by atoms with E-state index in [-0.39, 0.29) is 11.8 Å². The molecule has 1 aliphatic rings. The zero-order valence-corrected chi connectivity index (χ0v) is 11.6. The summed E-state index contributed by atoms with van der Waals surface area (Å²) in [6.07, 6.45) is 6.22. The summed E-state index contributed by atoms with van der Waals surface area (Å²) in [5, 5.41) is 3.00. The van der Waals surface area contributed by atoms with E-state index in [9.17, 15) is 4.79 Å². The van der Waals surface area contributed by atoms with Crippen LogP contribution in [0.2, 0.25) is 0 Å². The van der Waals surface area contributed by atoms with E-state index in [1.807, 2.05) is 37.4 Å². The number of aromatic amines is 1. The number of amides is 1. The first-order valence-corrected chi connectivity index (χ1v) is 7.15. The highest BCUT2D eigenvalue weighted by atomic mass is 16.1. The topological polar surface area (TPSA) is 57.8 Å². The van der Waals surface area contributed by atoms with Crippen molar-refractivity contribution in [1.82, 2.24) is 9.97 Å². The number of benzene rings is 1. The molecule has 2 aromatic rings. The van der Waals surface area contributed by atoms with Gasteiger partial charge in [-0.1, -0.05) is 25.0 Å². The van der Waals surface area contributed by atoms with Crippen LogP contribution in [0.1, 0.15) is 31.5 Å². The van der Waals surface area contributed by atoms with Crippen LogP contribution in [0.15, 0.2) is 30.5 Å². The van der Waals surface area contributed by atoms with Crippen LogP contribution in [0.25, 0.3) is 11.3 Å². The van der Waals surface area contributed by atoms with E-state index in [4.69, 9.17) is 0 Å². The molecule has 2 N–H and O–H groups in total. The van der Waals surface area contributed by atoms with Crippen LogP contribution in [-0.2, 0) is 4.79 Å². The molecular formula is C16H19N3O. The predicted octanol–water partition coefficient (Wildman–Crippen LogP) is 3.51. The van der Waals surface area contributed by atoms with Gasteiger partial charge in [0.2, 0.25) is 5.91 Å². The number of carbonyl (C=O) groups excluding carboxylic acids is 1. The number of aromatic nitrogens is 2. The molecule has 0 bridgehead atoms. The maximum Gasteiger partial charge on any atom is 0.227 e. The van der Waals surface area contributed by atoms with Gasteiger partial charge in [0, 0.05) is 11.6 Å². The van der Waals surface area contributed by atoms with Gasteiger partial charge < -0.3 is 10.3 Å². The lowest BCUT2D eigenvalue weighted by Crippen LogP contribution is -2.20. The van der Waals surface area contributed by atoms with E-state index in [2.05, 4.69) is 15.3 Å². The van der Waals surface area contributed by atoms with Crippen LogP contribution < -0.4 is 5.32 Å². The minimum Gasteiger partial charge on any atom is -0.342 e. The highest BCUT2D eigenvalue weighted by molar-refractivity contribution is 5.92. The quantitative estimate of drug-likeness (QED) is 0.895. The van der Waals surface area contributed by atoms with Crippen LogP contribution in [0.3, 0.4) is 0 Å². The molecule has 4 heteroatoms. The molecule has 0 saturated heterocycles. The predicted molar refractivity (Wildman–Crippen MR) is 79.3 cm³/mol. The van der Waals surface area contributed by atoms with Gasteiger partial charge in [0.05, 0.1) is 11.9 Å². The molecule has 1 heterocycles. The molecule has 1 fully saturated rings. The largest absolute Gasteiger partial charge is 0.342 e. The molecule has 1 aliphatic carbocycles. The molecule has 0 unspecified atom stereocenters. The Labute approximate surface area is 118 Å². The van der Waals surface area contributed by atoms with Crippen LogP contribution in [-0.4, -0.2) is 15.9 Å². The minimum atomic E-state index is 0.160. The number of nitrogens with zero attached hydrogens (tertiary/aromatic N) is 1. The van der Waals surface area contributed by atoms with Crippen molar-refractivity contribution in [1.29, 1.82) is 0 Å². The molecular weight excluding hydrogens is 250 g/mol. The van der Waals surface area contributed by atoms with Crippen molar-refractivity contribution in [2.45, 2.75) is 32.6 Å². The second kappa shape index (κ2) is 5.49. The molecule has 0 radical (unpaired) electrons. The first-order chi connectivity index (χ1) is 9.72. The van der Waals surface area contributed by atoms with Crippen molar-refractivity contribution >= 4 is 11.6 Å². The average Bonchev–Trinajstić information content (AvgIpc) is 3.10. The average molecular weight is 269 g/mol. The number of H-pyrrole nitrogens is 1. The van der Waals surface area contributed by atoms with Gasteiger partial charge >= 0.3 is 0 Å². The monoisotopic (exact) mass is 269 g/mol. The van der Waals surface area contributed by atoms with Crippen molar-refractivity contribution < 1.29 is 4.79 Å². The second-order valence-corrected chi connectivity index (χ2v) is 5.43. The van der Waals surface area contributed by atoms with Gasteiger partial charge in [-0.2, -0.15) is 0 Å². The fraction of sp³-hybridized carbons (Fsp3) is 0.375. The third kappa shape index (κ3) is 2.74. The molecule has 20 heavy (non-hydrogen) atoms. The van der Waals surface area contributed by atoms with Crippen LogP contribution in [0.4, 0.5) is 5.69 Å². The Morgan fingerprint density at radius 2 is 1.95 bits per heavy atom. The third-order valence-corrected chi connectivity index (χ3v) is 3.89. The molecule has 0 aliphatic heterocycles. The summed E-state index contributed by atoms with van der Waals surface area (Å²) < 4.78 is 0. The zero-order valence-electron chi connectivity index (χ0n) is 11.6. The molecule has 1 aromatic carbocycles. The van der Waals surface area contributed by atoms with Crippen molar-refractivity contribution in [3.63, 3.8) is 0 Å². The van der Waals surface area contributed by atoms with Gasteiger partial charge in [0.15, 0.2) is 0 Å². The SMILES string of the molecule is Cc1ncc(-c2ccc(NC(=O)C3CCCC3)cc2)[nH]1. The number of hydrogen-bond acceptors (Lipinski definition) is 2. The lowest BCUT2D eigenvalue weighted by atomic mass is 10.1. The molecule has 1 amide bonds. The maximum atomic E-state index is 12.0. The smallest absolute Gasteiger partial charge is 0.227 e. The van der Waals surface area contributed by atoms with E-state index in [1.54, 1.807) is 0 Å². The Morgan fingerprint density at radius 3 is 2.55 bits per heavy atom. The lowest BCUT2D eigenvalue weighted by Gasteiger charge is -2.10. The Morgan fingerprint density at radius 1 is 1.25 bits per heavy atom. The lowest BCUT2D eigenvalue weighted by molar-refractivity contribution is -0.119. The van der Waals surface area contributed by atoms with Crippen LogP contribution in [0, 0.1) is 12.8 Å². The third-order valence-electron chi connectivity index (χ3n) is 3.89. The molecule has 0 atom stereocenters. The highest BCUT2D eigenvalue weighted by Crippen LogP contribution is 2.26. The summed E-state index contributed by atoms with van der Waals surface area (Å²) in [6.45, 7) is 1.93. The summed E-state index contributed by atoms with van der Waals surface area (Å²) in [7, 11) is 0. The van der Waals surface area contributed by atoms with Crippen LogP contribution >= 0.6 is 0 Å². The van der Waals surface area contributed by atoms with E-state index < -0.39 is 0 Å². The van der Waals surface area contributed by atoms with E-state index in [0.29, 0.717) is 0 Å². The zero-order chi connectivity index (χ0) is 13.9. The number of imidazole rings is 1. The van der Waals surface area contributed by atoms with E-state index >= 15 is 0 Å². The first-order valence-electron chi connectivity index (χ1n) is 7.15. The molecule has 1 aromatic heterocycles. The summed E-state index contributed by atoms with van der Waals surface area (Å²) in [5.41, 5.74) is 2.93. The molecule has 1 saturated carbocycles. The molecule has 0 spiro atoms. The van der Waals surface area contributed by atoms with E-state index in [0.717, 1.165) is 35.6 Å². The Bertz CT molecular complexity index is 594. The fourth-order valence-corrected chi connectivity index (χ4v) is 2.73. The Hall–Kier alpha value is -2.10. The van der Waals surface area contributed by atoms with Crippen molar-refractivity contribution in [3.8, 4) is 11.3 Å². The van der Waals surface area contributed by atoms with Crippen molar-refractivity contribution in [2.24, 2.45) is 5.92 Å². The molecule has 104 valence electrons. The number of nitrogens with one attached hydrogen (secondary N) is 2. The summed E-state index contributed by atoms with van der Waals surface area (Å²) in [4.78, 5) is 19.4. The second-order valence-electron chi connectivity index (χ2n) is 5.43. The highest BCUT2D eigenvalue weighted by Gasteiger charge is 2.22. The number of hydrogen-bond donors (Lipinski definition) is 2. The van der Waals surface area contributed by atoms with Crippen LogP contribution in [0.5, 0.6) is 0 Å². The van der Waals surface area contributed by atoms with Gasteiger partial charge in [-0.15, -0.1) is 0 Å². The fourth-order valence-electron chi connectivity index (χ4n) is 2.73. The van der Waals surface area contributed by atoms with Crippen molar-refractivity contribution in [2.75, 3.05) is 5.32 Å². The van der Waals surface area contributed by atoms with Gasteiger partial charge in [-0.05, 0) is 37.5 Å². The van der Waals surface area contributed by atoms with Gasteiger partial charge in [0.1, 0.15) is 5.82 Å². The van der Waals surface area contributed by atoms with E-state index in [1.165, 1.54) is 12.8 Å². The summed E-state index contributed by atoms with van der Waals surface area (Å²) in [6, 6.07) is 7.88. The minimum absolute atomic E-state index is 0.160. The number of carbonyl (C=O) groups is 1. The normalized spacial score (nSPS) is 15.4. The summed E-state index contributed by atoms with van der Waals surface area (Å²) >= 11 is 0.